The van der Waals surface area contributed by atoms with Crippen molar-refractivity contribution >= 4 is 37.5 Å². The van der Waals surface area contributed by atoms with Crippen molar-refractivity contribution in [2.75, 3.05) is 5.73 Å². The van der Waals surface area contributed by atoms with E-state index in [1.54, 1.807) is 0 Å². The number of alkyl halides is 7. The summed E-state index contributed by atoms with van der Waals surface area (Å²) in [7, 11) is 0. The van der Waals surface area contributed by atoms with Gasteiger partial charge in [0.1, 0.15) is 0 Å². The Labute approximate surface area is 115 Å². The molecule has 1 unspecified atom stereocenters. The first-order chi connectivity index (χ1) is 7.91. The third-order valence-electron chi connectivity index (χ3n) is 2.18. The number of anilines is 1. The van der Waals surface area contributed by atoms with Crippen LogP contribution in [-0.4, -0.2) is 11.0 Å². The minimum absolute atomic E-state index is 0.00108. The normalized spacial score (nSPS) is 16.4. The van der Waals surface area contributed by atoms with Crippen LogP contribution in [0.15, 0.2) is 22.7 Å². The molecule has 0 radical (unpaired) electrons. The third-order valence-corrected chi connectivity index (χ3v) is 3.41. The van der Waals surface area contributed by atoms with Crippen molar-refractivity contribution in [3.05, 3.63) is 28.2 Å². The van der Waals surface area contributed by atoms with Gasteiger partial charge in [0.25, 0.3) is 0 Å². The van der Waals surface area contributed by atoms with Gasteiger partial charge in [0, 0.05) is 15.7 Å². The maximum absolute atomic E-state index is 13.9. The summed E-state index contributed by atoms with van der Waals surface area (Å²) in [6, 6.07) is 2.03. The second-order valence-electron chi connectivity index (χ2n) is 3.39. The fourth-order valence-corrected chi connectivity index (χ4v) is 2.06. The average Bonchev–Trinajstić information content (AvgIpc) is 2.17. The van der Waals surface area contributed by atoms with Crippen molar-refractivity contribution in [2.45, 2.75) is 16.7 Å². The summed E-state index contributed by atoms with van der Waals surface area (Å²) < 4.78 is 77.4. The van der Waals surface area contributed by atoms with Gasteiger partial charge < -0.3 is 5.73 Å². The zero-order chi connectivity index (χ0) is 14.4. The molecular formula is C9H5Br2F6N. The Hall–Kier alpha value is -0.440. The molecule has 0 aliphatic carbocycles. The molecule has 9 heteroatoms. The minimum atomic E-state index is -5.80. The molecule has 0 aliphatic rings. The van der Waals surface area contributed by atoms with Crippen LogP contribution in [0.25, 0.3) is 0 Å². The SMILES string of the molecule is Nc1ccc(C(F)(C(F)(F)F)C(F)(F)Br)cc1Br. The summed E-state index contributed by atoms with van der Waals surface area (Å²) in [6.07, 6.45) is -5.80. The van der Waals surface area contributed by atoms with Crippen LogP contribution in [0.1, 0.15) is 5.56 Å². The standard InChI is InChI=1S/C9H5Br2F6N/c10-5-3-4(1-2-6(5)18)7(12,8(11,13)14)9(15,16)17/h1-3H,18H2. The zero-order valence-corrected chi connectivity index (χ0v) is 11.5. The molecule has 0 bridgehead atoms. The molecule has 0 aliphatic heterocycles. The first kappa shape index (κ1) is 15.6. The number of nitrogen functional groups attached to an aromatic ring is 1. The van der Waals surface area contributed by atoms with Crippen LogP contribution in [-0.2, 0) is 5.67 Å². The van der Waals surface area contributed by atoms with E-state index in [-0.39, 0.29) is 10.2 Å². The largest absolute Gasteiger partial charge is 0.433 e. The molecule has 0 amide bonds. The van der Waals surface area contributed by atoms with Crippen molar-refractivity contribution in [3.63, 3.8) is 0 Å². The molecule has 1 rings (SSSR count). The lowest BCUT2D eigenvalue weighted by Crippen LogP contribution is -2.49. The Morgan fingerprint density at radius 1 is 1.00 bits per heavy atom. The third kappa shape index (κ3) is 2.47. The van der Waals surface area contributed by atoms with Crippen molar-refractivity contribution in [1.82, 2.24) is 0 Å². The van der Waals surface area contributed by atoms with E-state index in [9.17, 15) is 26.3 Å². The van der Waals surface area contributed by atoms with Crippen molar-refractivity contribution in [3.8, 4) is 0 Å². The number of rotatable bonds is 2. The number of halogens is 8. The Morgan fingerprint density at radius 2 is 1.50 bits per heavy atom. The van der Waals surface area contributed by atoms with Gasteiger partial charge in [-0.15, -0.1) is 0 Å². The van der Waals surface area contributed by atoms with Crippen LogP contribution >= 0.6 is 31.9 Å². The smallest absolute Gasteiger partial charge is 0.398 e. The summed E-state index contributed by atoms with van der Waals surface area (Å²) in [6.45, 7) is 0. The number of nitrogens with two attached hydrogens (primary N) is 1. The van der Waals surface area contributed by atoms with Gasteiger partial charge in [-0.05, 0) is 44.0 Å². The summed E-state index contributed by atoms with van der Waals surface area (Å²) in [5.74, 6) is 0. The molecule has 0 heterocycles. The van der Waals surface area contributed by atoms with Gasteiger partial charge in [0.05, 0.1) is 0 Å². The quantitative estimate of drug-likeness (QED) is 0.433. The van der Waals surface area contributed by atoms with Gasteiger partial charge in [-0.25, -0.2) is 4.39 Å². The van der Waals surface area contributed by atoms with Crippen LogP contribution in [0, 0.1) is 0 Å². The van der Waals surface area contributed by atoms with Crippen LogP contribution in [0.5, 0.6) is 0 Å². The van der Waals surface area contributed by atoms with E-state index < -0.39 is 22.2 Å². The summed E-state index contributed by atoms with van der Waals surface area (Å²) in [5, 5.41) is 0. The number of hydrogen-bond donors (Lipinski definition) is 1. The van der Waals surface area contributed by atoms with Crippen LogP contribution in [0.3, 0.4) is 0 Å². The van der Waals surface area contributed by atoms with Crippen molar-refractivity contribution in [1.29, 1.82) is 0 Å². The number of hydrogen-bond acceptors (Lipinski definition) is 1. The minimum Gasteiger partial charge on any atom is -0.398 e. The van der Waals surface area contributed by atoms with Gasteiger partial charge >= 0.3 is 16.7 Å². The molecule has 18 heavy (non-hydrogen) atoms. The lowest BCUT2D eigenvalue weighted by molar-refractivity contribution is -0.282. The lowest BCUT2D eigenvalue weighted by atomic mass is 9.95. The lowest BCUT2D eigenvalue weighted by Gasteiger charge is -2.32. The first-order valence-corrected chi connectivity index (χ1v) is 5.87. The maximum Gasteiger partial charge on any atom is 0.433 e. The molecule has 2 N–H and O–H groups in total. The highest BCUT2D eigenvalue weighted by Gasteiger charge is 2.71. The fraction of sp³-hybridized carbons (Fsp3) is 0.333. The molecular weight excluding hydrogens is 396 g/mol. The van der Waals surface area contributed by atoms with Crippen molar-refractivity contribution < 1.29 is 26.3 Å². The van der Waals surface area contributed by atoms with Gasteiger partial charge in [-0.2, -0.15) is 22.0 Å². The molecule has 0 aromatic heterocycles. The predicted octanol–water partition coefficient (Wildman–Crippen LogP) is 4.75. The Bertz CT molecular complexity index is 439. The van der Waals surface area contributed by atoms with E-state index in [1.807, 2.05) is 0 Å². The molecule has 1 atom stereocenters. The second-order valence-corrected chi connectivity index (χ2v) is 5.24. The van der Waals surface area contributed by atoms with Gasteiger partial charge in [-0.3, -0.25) is 0 Å². The second kappa shape index (κ2) is 4.59. The molecule has 0 saturated carbocycles. The first-order valence-electron chi connectivity index (χ1n) is 4.29. The highest BCUT2D eigenvalue weighted by atomic mass is 79.9. The molecule has 0 saturated heterocycles. The van der Waals surface area contributed by atoms with Crippen LogP contribution < -0.4 is 5.73 Å². The van der Waals surface area contributed by atoms with E-state index in [0.29, 0.717) is 12.1 Å². The summed E-state index contributed by atoms with van der Waals surface area (Å²) in [5.41, 5.74) is -0.801. The highest BCUT2D eigenvalue weighted by molar-refractivity contribution is 9.10. The van der Waals surface area contributed by atoms with E-state index in [1.165, 1.54) is 15.9 Å². The molecule has 1 nitrogen and oxygen atoms in total. The summed E-state index contributed by atoms with van der Waals surface area (Å²) in [4.78, 5) is -4.81. The molecule has 1 aromatic carbocycles. The monoisotopic (exact) mass is 399 g/mol. The topological polar surface area (TPSA) is 26.0 Å². The van der Waals surface area contributed by atoms with E-state index >= 15 is 0 Å². The molecule has 102 valence electrons. The van der Waals surface area contributed by atoms with E-state index in [2.05, 4.69) is 15.9 Å². The van der Waals surface area contributed by atoms with E-state index in [4.69, 9.17) is 5.73 Å². The Morgan fingerprint density at radius 3 is 1.83 bits per heavy atom. The van der Waals surface area contributed by atoms with Gasteiger partial charge in [-0.1, -0.05) is 6.07 Å². The van der Waals surface area contributed by atoms with Crippen LogP contribution in [0.4, 0.5) is 32.0 Å². The maximum atomic E-state index is 13.9. The summed E-state index contributed by atoms with van der Waals surface area (Å²) >= 11 is 4.19. The zero-order valence-electron chi connectivity index (χ0n) is 8.33. The predicted molar refractivity (Wildman–Crippen MR) is 61.3 cm³/mol. The van der Waals surface area contributed by atoms with Gasteiger partial charge in [0.15, 0.2) is 0 Å². The highest BCUT2D eigenvalue weighted by Crippen LogP contribution is 2.55. The molecule has 0 spiro atoms. The number of benzene rings is 1. The average molecular weight is 401 g/mol. The molecule has 1 aromatic rings. The van der Waals surface area contributed by atoms with Gasteiger partial charge in [0.2, 0.25) is 0 Å². The van der Waals surface area contributed by atoms with E-state index in [0.717, 1.165) is 6.07 Å². The Kier molecular flexibility index (Phi) is 3.98. The van der Waals surface area contributed by atoms with Crippen molar-refractivity contribution in [2.24, 2.45) is 0 Å². The Balaban J connectivity index is 3.51. The van der Waals surface area contributed by atoms with Crippen LogP contribution in [0.2, 0.25) is 0 Å². The fourth-order valence-electron chi connectivity index (χ4n) is 1.23. The molecule has 0 fully saturated rings.